The molecule has 16 nitrogen and oxygen atoms in total. The Morgan fingerprint density at radius 2 is 1.17 bits per heavy atom. The van der Waals surface area contributed by atoms with Crippen LogP contribution in [0.5, 0.6) is 0 Å². The zero-order valence-electron chi connectivity index (χ0n) is 36.2. The Labute approximate surface area is 381 Å². The van der Waals surface area contributed by atoms with Crippen molar-refractivity contribution in [3.63, 3.8) is 0 Å². The number of hydrogen-bond donors (Lipinski definition) is 3. The van der Waals surface area contributed by atoms with E-state index in [1.807, 2.05) is 42.5 Å². The zero-order chi connectivity index (χ0) is 45.6. The van der Waals surface area contributed by atoms with Crippen molar-refractivity contribution >= 4 is 45.5 Å². The highest BCUT2D eigenvalue weighted by Crippen LogP contribution is 2.37. The molecule has 6 aromatic rings. The van der Waals surface area contributed by atoms with Crippen LogP contribution >= 0.6 is 0 Å². The molecule has 0 bridgehead atoms. The van der Waals surface area contributed by atoms with Gasteiger partial charge in [-0.25, -0.2) is 14.2 Å². The Bertz CT molecular complexity index is 3050. The summed E-state index contributed by atoms with van der Waals surface area (Å²) in [7, 11) is 4.64. The molecule has 2 aliphatic heterocycles. The minimum atomic E-state index is -1.66. The number of likely N-dealkylation sites (N-methyl/N-ethyl adjacent to an activating group) is 2. The van der Waals surface area contributed by atoms with E-state index >= 15 is 0 Å². The van der Waals surface area contributed by atoms with E-state index < -0.39 is 23.1 Å². The third-order valence-electron chi connectivity index (χ3n) is 12.3. The number of amides is 3. The molecule has 2 aliphatic carbocycles. The van der Waals surface area contributed by atoms with Crippen LogP contribution in [0.4, 0.5) is 0 Å². The molecule has 0 unspecified atom stereocenters. The molecule has 2 aromatic carbocycles. The molecule has 2 atom stereocenters. The number of nitrogens with zero attached hydrogens (tertiary/aromatic N) is 8. The van der Waals surface area contributed by atoms with Crippen molar-refractivity contribution in [3.8, 4) is 35.1 Å². The van der Waals surface area contributed by atoms with Gasteiger partial charge in [-0.3, -0.25) is 24.4 Å². The maximum Gasteiger partial charge on any atom is 0.359 e. The summed E-state index contributed by atoms with van der Waals surface area (Å²) >= 11 is 0. The number of benzene rings is 2. The summed E-state index contributed by atoms with van der Waals surface area (Å²) in [6.45, 7) is 0.938. The van der Waals surface area contributed by atoms with Crippen LogP contribution in [-0.4, -0.2) is 119 Å². The third-order valence-corrected chi connectivity index (χ3v) is 12.3. The van der Waals surface area contributed by atoms with Gasteiger partial charge in [0, 0.05) is 63.5 Å². The highest BCUT2D eigenvalue weighted by Gasteiger charge is 2.43. The molecule has 338 valence electrons. The van der Waals surface area contributed by atoms with E-state index in [0.29, 0.717) is 58.2 Å². The van der Waals surface area contributed by atoms with Gasteiger partial charge in [-0.2, -0.15) is 10.2 Å². The molecule has 6 heterocycles. The summed E-state index contributed by atoms with van der Waals surface area (Å²) in [5, 5.41) is 31.6. The predicted molar refractivity (Wildman–Crippen MR) is 245 cm³/mol. The van der Waals surface area contributed by atoms with Gasteiger partial charge in [-0.1, -0.05) is 43.2 Å². The third kappa shape index (κ3) is 8.85. The number of nitrogens with two attached hydrogens (primary N) is 1. The summed E-state index contributed by atoms with van der Waals surface area (Å²) in [5.74, 6) is 10.6. The minimum Gasteiger partial charge on any atom is -0.464 e. The van der Waals surface area contributed by atoms with Crippen LogP contribution in [0.3, 0.4) is 0 Å². The van der Waals surface area contributed by atoms with Gasteiger partial charge in [-0.15, -0.1) is 0 Å². The van der Waals surface area contributed by atoms with E-state index in [4.69, 9.17) is 10.5 Å². The minimum absolute atomic E-state index is 0. The van der Waals surface area contributed by atoms with Crippen LogP contribution in [-0.2, 0) is 27.2 Å². The second kappa shape index (κ2) is 17.9. The van der Waals surface area contributed by atoms with Crippen LogP contribution in [0.25, 0.3) is 33.2 Å². The first-order chi connectivity index (χ1) is 31.2. The Hall–Kier alpha value is -7.40. The van der Waals surface area contributed by atoms with Crippen LogP contribution < -0.4 is 5.73 Å². The van der Waals surface area contributed by atoms with E-state index in [1.165, 1.54) is 42.6 Å². The number of likely N-dealkylation sites (tertiary alicyclic amines) is 2. The van der Waals surface area contributed by atoms with E-state index in [-0.39, 0.29) is 43.5 Å². The average Bonchev–Trinajstić information content (AvgIpc) is 4.20. The standard InChI is InChI=1S/C25H24N4O4.C24H23N5O3.CH4/c1-28-13-11-25(32,24(28)31)10-8-16-4-3-5-18(14-16)29-20-9-12-26-19(15-17-6-7-17)21(20)22(27-29)23(30)33-2;1-28-12-10-24(32,23(28)31)9-7-15-3-2-4-17(13-15)29-19-8-11-26-18(14-16-5-6-16)20(19)21(27-29)22(25)30;/h3-5,9,12,14,17,32H,6-7,11,13,15H2,1-2H3;2-4,8,11,13,16,32H,5-6,10,12,14H2,1H3,(H2,25,30);1H4/t25-;24-;/m00./s1. The largest absolute Gasteiger partial charge is 0.464 e. The lowest BCUT2D eigenvalue weighted by Crippen LogP contribution is -2.37. The van der Waals surface area contributed by atoms with Crippen LogP contribution in [0, 0.1) is 35.5 Å². The van der Waals surface area contributed by atoms with E-state index in [2.05, 4.69) is 43.8 Å². The molecular formula is C50H51N9O7. The Morgan fingerprint density at radius 3 is 1.56 bits per heavy atom. The molecule has 3 amide bonds. The van der Waals surface area contributed by atoms with Crippen molar-refractivity contribution in [1.82, 2.24) is 39.3 Å². The van der Waals surface area contributed by atoms with Gasteiger partial charge in [0.1, 0.15) is 0 Å². The maximum absolute atomic E-state index is 12.5. The topological polar surface area (TPSA) is 212 Å². The van der Waals surface area contributed by atoms with Crippen molar-refractivity contribution in [3.05, 3.63) is 107 Å². The first-order valence-electron chi connectivity index (χ1n) is 21.6. The predicted octanol–water partition coefficient (Wildman–Crippen LogP) is 4.16. The summed E-state index contributed by atoms with van der Waals surface area (Å²) in [6, 6.07) is 18.2. The Morgan fingerprint density at radius 1 is 0.727 bits per heavy atom. The summed E-state index contributed by atoms with van der Waals surface area (Å²) < 4.78 is 8.35. The monoisotopic (exact) mass is 889 g/mol. The number of carbonyl (C=O) groups is 4. The fourth-order valence-corrected chi connectivity index (χ4v) is 8.29. The molecule has 4 N–H and O–H groups in total. The van der Waals surface area contributed by atoms with Crippen molar-refractivity contribution in [1.29, 1.82) is 0 Å². The number of esters is 1. The van der Waals surface area contributed by atoms with Gasteiger partial charge >= 0.3 is 5.97 Å². The molecule has 66 heavy (non-hydrogen) atoms. The number of hydrogen-bond acceptors (Lipinski definition) is 11. The fourth-order valence-electron chi connectivity index (χ4n) is 8.29. The molecule has 16 heteroatoms. The van der Waals surface area contributed by atoms with Crippen molar-refractivity contribution in [2.24, 2.45) is 17.6 Å². The highest BCUT2D eigenvalue weighted by molar-refractivity contribution is 6.06. The lowest BCUT2D eigenvalue weighted by molar-refractivity contribution is -0.138. The molecular weight excluding hydrogens is 839 g/mol. The fraction of sp³-hybridized carbons (Fsp3) is 0.360. The number of aliphatic hydroxyl groups is 2. The molecule has 4 aromatic heterocycles. The summed E-state index contributed by atoms with van der Waals surface area (Å²) in [6.07, 6.45) is 10.3. The molecule has 0 spiro atoms. The first-order valence-corrected chi connectivity index (χ1v) is 21.6. The van der Waals surface area contributed by atoms with E-state index in [9.17, 15) is 29.4 Å². The number of fused-ring (bicyclic) bond motifs is 2. The van der Waals surface area contributed by atoms with E-state index in [1.54, 1.807) is 54.1 Å². The zero-order valence-corrected chi connectivity index (χ0v) is 36.2. The quantitative estimate of drug-likeness (QED) is 0.146. The highest BCUT2D eigenvalue weighted by atomic mass is 16.5. The number of methoxy groups -OCH3 is 1. The average molecular weight is 890 g/mol. The second-order valence-corrected chi connectivity index (χ2v) is 17.2. The van der Waals surface area contributed by atoms with Crippen molar-refractivity contribution in [2.45, 2.75) is 70.0 Å². The van der Waals surface area contributed by atoms with Crippen molar-refractivity contribution < 1.29 is 34.1 Å². The molecule has 0 radical (unpaired) electrons. The van der Waals surface area contributed by atoms with Crippen LogP contribution in [0.1, 0.15) is 89.4 Å². The van der Waals surface area contributed by atoms with Gasteiger partial charge in [0.25, 0.3) is 17.7 Å². The van der Waals surface area contributed by atoms with E-state index in [0.717, 1.165) is 35.3 Å². The van der Waals surface area contributed by atoms with Gasteiger partial charge in [-0.05, 0) is 98.9 Å². The summed E-state index contributed by atoms with van der Waals surface area (Å²) in [5.41, 5.74) is 8.60. The number of aromatic nitrogens is 6. The van der Waals surface area contributed by atoms with Crippen molar-refractivity contribution in [2.75, 3.05) is 34.3 Å². The number of pyridine rings is 2. The van der Waals surface area contributed by atoms with Crippen LogP contribution in [0.15, 0.2) is 73.1 Å². The molecule has 2 saturated heterocycles. The lowest BCUT2D eigenvalue weighted by Gasteiger charge is -2.13. The lowest BCUT2D eigenvalue weighted by atomic mass is 10.0. The Kier molecular flexibility index (Phi) is 12.2. The Balaban J connectivity index is 0.000000177. The van der Waals surface area contributed by atoms with Gasteiger partial charge in [0.2, 0.25) is 11.2 Å². The molecule has 2 saturated carbocycles. The maximum atomic E-state index is 12.5. The molecule has 4 aliphatic rings. The number of carbonyl (C=O) groups excluding carboxylic acids is 4. The second-order valence-electron chi connectivity index (χ2n) is 17.2. The smallest absolute Gasteiger partial charge is 0.359 e. The number of ether oxygens (including phenoxy) is 1. The van der Waals surface area contributed by atoms with Crippen LogP contribution in [0.2, 0.25) is 0 Å². The normalized spacial score (nSPS) is 20.0. The van der Waals surface area contributed by atoms with Gasteiger partial charge < -0.3 is 30.5 Å². The number of rotatable bonds is 8. The number of primary amides is 1. The van der Waals surface area contributed by atoms with Gasteiger partial charge in [0.05, 0.1) is 51.7 Å². The molecule has 10 rings (SSSR count). The molecule has 4 fully saturated rings. The van der Waals surface area contributed by atoms with Gasteiger partial charge in [0.15, 0.2) is 11.4 Å². The SMILES string of the molecule is C.CN1CC[C@@](O)(C#Cc2cccc(-n3nc(C(N)=O)c4c(CC5CC5)nccc43)c2)C1=O.COC(=O)c1nn(-c2cccc(C#C[C@]3(O)CCN(C)C3=O)c2)c2ccnc(CC3CC3)c12. The first kappa shape index (κ1) is 45.2. The summed E-state index contributed by atoms with van der Waals surface area (Å²) in [4.78, 5) is 61.0.